The summed E-state index contributed by atoms with van der Waals surface area (Å²) >= 11 is 11.6. The summed E-state index contributed by atoms with van der Waals surface area (Å²) in [5, 5.41) is 4.10. The first-order valence-electron chi connectivity index (χ1n) is 4.71. The van der Waals surface area contributed by atoms with E-state index in [-0.39, 0.29) is 0 Å². The maximum atomic E-state index is 5.98. The minimum Gasteiger partial charge on any atom is -0.365 e. The molecule has 0 aliphatic carbocycles. The average molecular weight is 246 g/mol. The molecule has 15 heavy (non-hydrogen) atoms. The number of aromatic nitrogens is 2. The number of hydrogen-bond donors (Lipinski definition) is 1. The van der Waals surface area contributed by atoms with E-state index in [0.29, 0.717) is 16.7 Å². The van der Waals surface area contributed by atoms with Crippen LogP contribution in [0.2, 0.25) is 5.15 Å². The Labute approximate surface area is 99.5 Å². The SMILES string of the molecule is C=C(Cl)CNc1ncnc(Cl)c1CCC. The standard InChI is InChI=1S/C10H13Cl2N3/c1-3-4-8-9(12)14-6-15-10(8)13-5-7(2)11/h6H,2-5H2,1H3,(H,13,14,15). The Balaban J connectivity index is 2.85. The van der Waals surface area contributed by atoms with E-state index >= 15 is 0 Å². The third-order valence-electron chi connectivity index (χ3n) is 1.84. The topological polar surface area (TPSA) is 37.8 Å². The number of halogens is 2. The number of rotatable bonds is 5. The Kier molecular flexibility index (Phi) is 4.85. The molecule has 0 spiro atoms. The van der Waals surface area contributed by atoms with Crippen LogP contribution in [0.15, 0.2) is 17.9 Å². The molecular weight excluding hydrogens is 233 g/mol. The fraction of sp³-hybridized carbons (Fsp3) is 0.400. The maximum absolute atomic E-state index is 5.98. The lowest BCUT2D eigenvalue weighted by atomic mass is 10.2. The van der Waals surface area contributed by atoms with Crippen molar-refractivity contribution in [1.29, 1.82) is 0 Å². The van der Waals surface area contributed by atoms with Gasteiger partial charge < -0.3 is 5.32 Å². The zero-order valence-corrected chi connectivity index (χ0v) is 10.1. The molecule has 0 radical (unpaired) electrons. The minimum atomic E-state index is 0.478. The van der Waals surface area contributed by atoms with E-state index in [4.69, 9.17) is 23.2 Å². The van der Waals surface area contributed by atoms with Crippen molar-refractivity contribution in [3.8, 4) is 0 Å². The van der Waals surface area contributed by atoms with Gasteiger partial charge in [-0.1, -0.05) is 43.1 Å². The van der Waals surface area contributed by atoms with Gasteiger partial charge in [0.2, 0.25) is 0 Å². The van der Waals surface area contributed by atoms with Crippen LogP contribution in [0.5, 0.6) is 0 Å². The average Bonchev–Trinajstić information content (AvgIpc) is 2.19. The molecular formula is C10H13Cl2N3. The summed E-state index contributed by atoms with van der Waals surface area (Å²) < 4.78 is 0. The van der Waals surface area contributed by atoms with E-state index in [2.05, 4.69) is 28.8 Å². The molecule has 0 unspecified atom stereocenters. The second kappa shape index (κ2) is 5.93. The summed E-state index contributed by atoms with van der Waals surface area (Å²) in [6, 6.07) is 0. The Morgan fingerprint density at radius 3 is 2.87 bits per heavy atom. The third-order valence-corrected chi connectivity index (χ3v) is 2.30. The fourth-order valence-electron chi connectivity index (χ4n) is 1.19. The van der Waals surface area contributed by atoms with Crippen LogP contribution < -0.4 is 5.32 Å². The van der Waals surface area contributed by atoms with Gasteiger partial charge in [-0.15, -0.1) is 0 Å². The van der Waals surface area contributed by atoms with E-state index in [1.165, 1.54) is 6.33 Å². The number of nitrogens with one attached hydrogen (secondary N) is 1. The van der Waals surface area contributed by atoms with Gasteiger partial charge >= 0.3 is 0 Å². The summed E-state index contributed by atoms with van der Waals surface area (Å²) in [5.74, 6) is 0.735. The van der Waals surface area contributed by atoms with Crippen LogP contribution in [-0.2, 0) is 6.42 Å². The fourth-order valence-corrected chi connectivity index (χ4v) is 1.49. The zero-order chi connectivity index (χ0) is 11.3. The van der Waals surface area contributed by atoms with Crippen LogP contribution in [0, 0.1) is 0 Å². The molecule has 0 bridgehead atoms. The lowest BCUT2D eigenvalue weighted by Crippen LogP contribution is -2.07. The second-order valence-electron chi connectivity index (χ2n) is 3.11. The Morgan fingerprint density at radius 1 is 1.53 bits per heavy atom. The van der Waals surface area contributed by atoms with Gasteiger partial charge in [0.05, 0.1) is 6.54 Å². The highest BCUT2D eigenvalue weighted by Gasteiger charge is 2.08. The molecule has 1 N–H and O–H groups in total. The highest BCUT2D eigenvalue weighted by atomic mass is 35.5. The molecule has 1 rings (SSSR count). The zero-order valence-electron chi connectivity index (χ0n) is 8.56. The van der Waals surface area contributed by atoms with Crippen molar-refractivity contribution in [2.75, 3.05) is 11.9 Å². The van der Waals surface area contributed by atoms with Crippen molar-refractivity contribution < 1.29 is 0 Å². The van der Waals surface area contributed by atoms with Crippen LogP contribution in [0.1, 0.15) is 18.9 Å². The van der Waals surface area contributed by atoms with Crippen molar-refractivity contribution in [2.24, 2.45) is 0 Å². The molecule has 3 nitrogen and oxygen atoms in total. The first-order valence-corrected chi connectivity index (χ1v) is 5.47. The number of anilines is 1. The molecule has 0 fully saturated rings. The predicted molar refractivity (Wildman–Crippen MR) is 64.5 cm³/mol. The minimum absolute atomic E-state index is 0.478. The molecule has 0 aromatic carbocycles. The molecule has 0 saturated carbocycles. The summed E-state index contributed by atoms with van der Waals surface area (Å²) in [4.78, 5) is 8.07. The second-order valence-corrected chi connectivity index (χ2v) is 4.00. The first-order chi connectivity index (χ1) is 7.15. The van der Waals surface area contributed by atoms with Gasteiger partial charge in [0.1, 0.15) is 17.3 Å². The van der Waals surface area contributed by atoms with Crippen molar-refractivity contribution >= 4 is 29.0 Å². The van der Waals surface area contributed by atoms with E-state index in [9.17, 15) is 0 Å². The van der Waals surface area contributed by atoms with Crippen molar-refractivity contribution in [3.63, 3.8) is 0 Å². The van der Waals surface area contributed by atoms with E-state index < -0.39 is 0 Å². The van der Waals surface area contributed by atoms with Gasteiger partial charge in [0.15, 0.2) is 0 Å². The molecule has 1 aromatic rings. The van der Waals surface area contributed by atoms with Crippen LogP contribution in [0.3, 0.4) is 0 Å². The molecule has 0 atom stereocenters. The summed E-state index contributed by atoms with van der Waals surface area (Å²) in [6.07, 6.45) is 3.27. The molecule has 1 heterocycles. The molecule has 0 aliphatic rings. The lowest BCUT2D eigenvalue weighted by Gasteiger charge is -2.10. The third kappa shape index (κ3) is 3.68. The maximum Gasteiger partial charge on any atom is 0.137 e. The highest BCUT2D eigenvalue weighted by Crippen LogP contribution is 2.21. The lowest BCUT2D eigenvalue weighted by molar-refractivity contribution is 0.901. The predicted octanol–water partition coefficient (Wildman–Crippen LogP) is 3.25. The Morgan fingerprint density at radius 2 is 2.27 bits per heavy atom. The Hall–Kier alpha value is -0.800. The quantitative estimate of drug-likeness (QED) is 0.810. The van der Waals surface area contributed by atoms with Crippen molar-refractivity contribution in [3.05, 3.63) is 28.7 Å². The number of nitrogens with zero attached hydrogens (tertiary/aromatic N) is 2. The van der Waals surface area contributed by atoms with Gasteiger partial charge in [0, 0.05) is 10.6 Å². The van der Waals surface area contributed by atoms with E-state index in [1.54, 1.807) is 0 Å². The normalized spacial score (nSPS) is 10.1. The Bertz CT molecular complexity index is 353. The van der Waals surface area contributed by atoms with Gasteiger partial charge in [-0.2, -0.15) is 0 Å². The molecule has 0 saturated heterocycles. The molecule has 0 aliphatic heterocycles. The molecule has 0 amide bonds. The molecule has 82 valence electrons. The van der Waals surface area contributed by atoms with Gasteiger partial charge in [-0.3, -0.25) is 0 Å². The number of hydrogen-bond acceptors (Lipinski definition) is 3. The first kappa shape index (κ1) is 12.3. The smallest absolute Gasteiger partial charge is 0.137 e. The van der Waals surface area contributed by atoms with Crippen molar-refractivity contribution in [1.82, 2.24) is 9.97 Å². The van der Waals surface area contributed by atoms with E-state index in [1.807, 2.05) is 0 Å². The van der Waals surface area contributed by atoms with Gasteiger partial charge in [-0.25, -0.2) is 9.97 Å². The summed E-state index contributed by atoms with van der Waals surface area (Å²) in [7, 11) is 0. The van der Waals surface area contributed by atoms with Crippen molar-refractivity contribution in [2.45, 2.75) is 19.8 Å². The van der Waals surface area contributed by atoms with Crippen LogP contribution >= 0.6 is 23.2 Å². The van der Waals surface area contributed by atoms with Crippen LogP contribution in [-0.4, -0.2) is 16.5 Å². The molecule has 5 heteroatoms. The summed E-state index contributed by atoms with van der Waals surface area (Å²) in [6.45, 7) is 6.15. The highest BCUT2D eigenvalue weighted by molar-refractivity contribution is 6.30. The van der Waals surface area contributed by atoms with E-state index in [0.717, 1.165) is 24.2 Å². The van der Waals surface area contributed by atoms with Crippen LogP contribution in [0.25, 0.3) is 0 Å². The van der Waals surface area contributed by atoms with Gasteiger partial charge in [0.25, 0.3) is 0 Å². The van der Waals surface area contributed by atoms with Gasteiger partial charge in [-0.05, 0) is 6.42 Å². The monoisotopic (exact) mass is 245 g/mol. The summed E-state index contributed by atoms with van der Waals surface area (Å²) in [5.41, 5.74) is 0.930. The molecule has 1 aromatic heterocycles. The largest absolute Gasteiger partial charge is 0.365 e. The van der Waals surface area contributed by atoms with Crippen LogP contribution in [0.4, 0.5) is 5.82 Å².